The SMILES string of the molecule is O=C(CC1CCCCC1)NC1CS(=O)(=O)CC1Cl. The Morgan fingerprint density at radius 3 is 2.39 bits per heavy atom. The Morgan fingerprint density at radius 1 is 1.17 bits per heavy atom. The lowest BCUT2D eigenvalue weighted by Gasteiger charge is -2.22. The van der Waals surface area contributed by atoms with Crippen molar-refractivity contribution in [1.29, 1.82) is 0 Å². The summed E-state index contributed by atoms with van der Waals surface area (Å²) in [6, 6.07) is -0.409. The molecule has 0 radical (unpaired) electrons. The number of sulfone groups is 1. The molecular formula is C12H20ClNO3S. The number of carbonyl (C=O) groups is 1. The number of alkyl halides is 1. The van der Waals surface area contributed by atoms with E-state index < -0.39 is 21.3 Å². The molecule has 2 aliphatic rings. The first-order chi connectivity index (χ1) is 8.46. The van der Waals surface area contributed by atoms with Gasteiger partial charge >= 0.3 is 0 Å². The highest BCUT2D eigenvalue weighted by Gasteiger charge is 2.37. The van der Waals surface area contributed by atoms with Gasteiger partial charge in [-0.25, -0.2) is 8.42 Å². The molecule has 1 N–H and O–H groups in total. The molecule has 1 aliphatic carbocycles. The molecule has 1 amide bonds. The van der Waals surface area contributed by atoms with E-state index in [1.165, 1.54) is 19.3 Å². The van der Waals surface area contributed by atoms with Crippen LogP contribution in [0.5, 0.6) is 0 Å². The number of nitrogens with one attached hydrogen (secondary N) is 1. The molecular weight excluding hydrogens is 274 g/mol. The minimum Gasteiger partial charge on any atom is -0.351 e. The van der Waals surface area contributed by atoms with Crippen molar-refractivity contribution in [2.24, 2.45) is 5.92 Å². The molecule has 0 aromatic carbocycles. The zero-order valence-electron chi connectivity index (χ0n) is 10.4. The van der Waals surface area contributed by atoms with Crippen molar-refractivity contribution in [2.75, 3.05) is 11.5 Å². The molecule has 0 aromatic rings. The largest absolute Gasteiger partial charge is 0.351 e. The van der Waals surface area contributed by atoms with Crippen LogP contribution < -0.4 is 5.32 Å². The molecule has 4 nitrogen and oxygen atoms in total. The minimum atomic E-state index is -3.07. The van der Waals surface area contributed by atoms with Crippen LogP contribution in [-0.4, -0.2) is 37.2 Å². The molecule has 1 saturated heterocycles. The van der Waals surface area contributed by atoms with E-state index in [-0.39, 0.29) is 17.4 Å². The van der Waals surface area contributed by atoms with Gasteiger partial charge in [-0.05, 0) is 18.8 Å². The van der Waals surface area contributed by atoms with E-state index in [1.807, 2.05) is 0 Å². The summed E-state index contributed by atoms with van der Waals surface area (Å²) >= 11 is 5.96. The predicted octanol–water partition coefficient (Wildman–Crippen LogP) is 1.48. The summed E-state index contributed by atoms with van der Waals surface area (Å²) in [6.07, 6.45) is 6.41. The summed E-state index contributed by atoms with van der Waals surface area (Å²) in [5.74, 6) is 0.376. The fourth-order valence-electron chi connectivity index (χ4n) is 2.86. The Labute approximate surface area is 113 Å². The van der Waals surface area contributed by atoms with E-state index in [9.17, 15) is 13.2 Å². The molecule has 2 unspecified atom stereocenters. The molecule has 0 bridgehead atoms. The summed E-state index contributed by atoms with van der Waals surface area (Å²) in [7, 11) is -3.07. The maximum absolute atomic E-state index is 11.9. The van der Waals surface area contributed by atoms with Crippen LogP contribution in [0, 0.1) is 5.92 Å². The molecule has 0 aromatic heterocycles. The van der Waals surface area contributed by atoms with E-state index >= 15 is 0 Å². The molecule has 2 fully saturated rings. The van der Waals surface area contributed by atoms with Gasteiger partial charge in [-0.2, -0.15) is 0 Å². The first-order valence-corrected chi connectivity index (χ1v) is 8.86. The second kappa shape index (κ2) is 5.78. The Bertz CT molecular complexity index is 404. The zero-order valence-corrected chi connectivity index (χ0v) is 12.0. The number of halogens is 1. The first kappa shape index (κ1) is 14.1. The summed E-state index contributed by atoms with van der Waals surface area (Å²) < 4.78 is 22.8. The van der Waals surface area contributed by atoms with Crippen LogP contribution in [-0.2, 0) is 14.6 Å². The maximum Gasteiger partial charge on any atom is 0.220 e. The molecule has 6 heteroatoms. The van der Waals surface area contributed by atoms with Crippen molar-refractivity contribution in [3.8, 4) is 0 Å². The van der Waals surface area contributed by atoms with E-state index in [0.29, 0.717) is 12.3 Å². The zero-order chi connectivity index (χ0) is 13.2. The first-order valence-electron chi connectivity index (χ1n) is 6.60. The molecule has 2 rings (SSSR count). The third kappa shape index (κ3) is 3.85. The number of amides is 1. The quantitative estimate of drug-likeness (QED) is 0.802. The minimum absolute atomic E-state index is 0.0163. The third-order valence-electron chi connectivity index (χ3n) is 3.83. The van der Waals surface area contributed by atoms with Gasteiger partial charge in [0.05, 0.1) is 22.9 Å². The van der Waals surface area contributed by atoms with Gasteiger partial charge in [0.2, 0.25) is 5.91 Å². The van der Waals surface area contributed by atoms with Gasteiger partial charge in [0.25, 0.3) is 0 Å². The second-order valence-corrected chi connectivity index (χ2v) is 8.19. The third-order valence-corrected chi connectivity index (χ3v) is 6.20. The average molecular weight is 294 g/mol. The van der Waals surface area contributed by atoms with Gasteiger partial charge in [-0.1, -0.05) is 19.3 Å². The topological polar surface area (TPSA) is 63.2 Å². The Hall–Kier alpha value is -0.290. The Kier molecular flexibility index (Phi) is 4.54. The monoisotopic (exact) mass is 293 g/mol. The van der Waals surface area contributed by atoms with E-state index in [2.05, 4.69) is 5.32 Å². The molecule has 1 heterocycles. The summed E-state index contributed by atoms with van der Waals surface area (Å²) in [6.45, 7) is 0. The van der Waals surface area contributed by atoms with Crippen molar-refractivity contribution in [3.05, 3.63) is 0 Å². The molecule has 18 heavy (non-hydrogen) atoms. The van der Waals surface area contributed by atoms with E-state index in [1.54, 1.807) is 0 Å². The lowest BCUT2D eigenvalue weighted by Crippen LogP contribution is -2.41. The van der Waals surface area contributed by atoms with E-state index in [4.69, 9.17) is 11.6 Å². The van der Waals surface area contributed by atoms with Crippen molar-refractivity contribution >= 4 is 27.3 Å². The fraction of sp³-hybridized carbons (Fsp3) is 0.917. The normalized spacial score (nSPS) is 32.3. The number of carbonyl (C=O) groups excluding carboxylic acids is 1. The molecule has 2 atom stereocenters. The van der Waals surface area contributed by atoms with Gasteiger partial charge in [-0.3, -0.25) is 4.79 Å². The lowest BCUT2D eigenvalue weighted by molar-refractivity contribution is -0.122. The van der Waals surface area contributed by atoms with Crippen LogP contribution in [0.15, 0.2) is 0 Å². The van der Waals surface area contributed by atoms with Crippen LogP contribution in [0.25, 0.3) is 0 Å². The maximum atomic E-state index is 11.9. The van der Waals surface area contributed by atoms with Gasteiger partial charge in [-0.15, -0.1) is 11.6 Å². The highest BCUT2D eigenvalue weighted by molar-refractivity contribution is 7.91. The lowest BCUT2D eigenvalue weighted by atomic mass is 9.87. The number of hydrogen-bond acceptors (Lipinski definition) is 3. The smallest absolute Gasteiger partial charge is 0.220 e. The standard InChI is InChI=1S/C12H20ClNO3S/c13-10-7-18(16,17)8-11(10)14-12(15)6-9-4-2-1-3-5-9/h9-11H,1-8H2,(H,14,15). The highest BCUT2D eigenvalue weighted by atomic mass is 35.5. The van der Waals surface area contributed by atoms with Crippen LogP contribution >= 0.6 is 11.6 Å². The Balaban J connectivity index is 1.80. The van der Waals surface area contributed by atoms with Crippen molar-refractivity contribution in [2.45, 2.75) is 49.9 Å². The summed E-state index contributed by atoms with van der Waals surface area (Å²) in [4.78, 5) is 11.9. The predicted molar refractivity (Wildman–Crippen MR) is 71.4 cm³/mol. The van der Waals surface area contributed by atoms with Gasteiger partial charge in [0, 0.05) is 6.42 Å². The summed E-state index contributed by atoms with van der Waals surface area (Å²) in [5.41, 5.74) is 0. The fourth-order valence-corrected chi connectivity index (χ4v) is 5.41. The summed E-state index contributed by atoms with van der Waals surface area (Å²) in [5, 5.41) is 2.30. The Morgan fingerprint density at radius 2 is 1.83 bits per heavy atom. The van der Waals surface area contributed by atoms with Crippen LogP contribution in [0.4, 0.5) is 0 Å². The van der Waals surface area contributed by atoms with Gasteiger partial charge in [0.15, 0.2) is 9.84 Å². The van der Waals surface area contributed by atoms with Crippen molar-refractivity contribution < 1.29 is 13.2 Å². The van der Waals surface area contributed by atoms with Gasteiger partial charge in [0.1, 0.15) is 0 Å². The highest BCUT2D eigenvalue weighted by Crippen LogP contribution is 2.26. The van der Waals surface area contributed by atoms with Crippen LogP contribution in [0.1, 0.15) is 38.5 Å². The van der Waals surface area contributed by atoms with Crippen molar-refractivity contribution in [3.63, 3.8) is 0 Å². The van der Waals surface area contributed by atoms with Crippen LogP contribution in [0.2, 0.25) is 0 Å². The van der Waals surface area contributed by atoms with Crippen LogP contribution in [0.3, 0.4) is 0 Å². The molecule has 1 saturated carbocycles. The molecule has 0 spiro atoms. The van der Waals surface area contributed by atoms with Crippen molar-refractivity contribution in [1.82, 2.24) is 5.32 Å². The molecule has 104 valence electrons. The van der Waals surface area contributed by atoms with E-state index in [0.717, 1.165) is 12.8 Å². The molecule has 1 aliphatic heterocycles. The number of rotatable bonds is 3. The average Bonchev–Trinajstić information content (AvgIpc) is 2.53. The van der Waals surface area contributed by atoms with Gasteiger partial charge < -0.3 is 5.32 Å². The second-order valence-electron chi connectivity index (χ2n) is 5.48. The number of hydrogen-bond donors (Lipinski definition) is 1.